The summed E-state index contributed by atoms with van der Waals surface area (Å²) in [6.07, 6.45) is 2.26. The van der Waals surface area contributed by atoms with Gasteiger partial charge >= 0.3 is 0 Å². The molecule has 1 rings (SSSR count). The molecule has 0 saturated heterocycles. The van der Waals surface area contributed by atoms with E-state index < -0.39 is 8.24 Å². The Labute approximate surface area is 99.4 Å². The zero-order valence-corrected chi connectivity index (χ0v) is 12.6. The molecule has 0 aromatic carbocycles. The lowest BCUT2D eigenvalue weighted by Crippen LogP contribution is -2.45. The van der Waals surface area contributed by atoms with Crippen molar-refractivity contribution in [3.05, 3.63) is 18.3 Å². The van der Waals surface area contributed by atoms with E-state index in [1.165, 1.54) is 5.03 Å². The summed E-state index contributed by atoms with van der Waals surface area (Å²) in [7, 11) is -1.41. The Bertz CT molecular complexity index is 323. The van der Waals surface area contributed by atoms with Gasteiger partial charge in [-0.1, -0.05) is 40.8 Å². The van der Waals surface area contributed by atoms with Gasteiger partial charge in [0.05, 0.1) is 5.03 Å². The molecule has 3 heteroatoms. The van der Waals surface area contributed by atoms with E-state index in [0.717, 1.165) is 5.75 Å². The molecule has 0 radical (unpaired) electrons. The first-order chi connectivity index (χ1) is 6.80. The molecule has 15 heavy (non-hydrogen) atoms. The van der Waals surface area contributed by atoms with Crippen LogP contribution in [0.15, 0.2) is 23.4 Å². The van der Waals surface area contributed by atoms with Crippen molar-refractivity contribution in [2.75, 3.05) is 5.75 Å². The van der Waals surface area contributed by atoms with E-state index in [2.05, 4.69) is 63.4 Å². The van der Waals surface area contributed by atoms with Crippen molar-refractivity contribution in [1.29, 1.82) is 0 Å². The third-order valence-electron chi connectivity index (χ3n) is 3.44. The average molecular weight is 241 g/mol. The van der Waals surface area contributed by atoms with Gasteiger partial charge in [-0.25, -0.2) is 0 Å². The lowest BCUT2D eigenvalue weighted by molar-refractivity contribution is 0.691. The molecule has 0 atom stereocenters. The van der Waals surface area contributed by atoms with Crippen LogP contribution in [0.25, 0.3) is 0 Å². The normalized spacial score (nSPS) is 13.2. The van der Waals surface area contributed by atoms with Crippen LogP contribution < -0.4 is 0 Å². The third kappa shape index (κ3) is 2.51. The van der Waals surface area contributed by atoms with Gasteiger partial charge in [-0.3, -0.25) is 0 Å². The molecule has 0 aliphatic rings. The summed E-state index contributed by atoms with van der Waals surface area (Å²) >= 11 is 1.95. The lowest BCUT2D eigenvalue weighted by atomic mass is 10.2. The van der Waals surface area contributed by atoms with Gasteiger partial charge in [0, 0.05) is 0 Å². The number of nitrogens with zero attached hydrogens (tertiary/aromatic N) is 1. The van der Waals surface area contributed by atoms with Crippen LogP contribution in [-0.2, 0) is 0 Å². The molecule has 0 N–H and O–H groups in total. The van der Waals surface area contributed by atoms with E-state index in [9.17, 15) is 0 Å². The fourth-order valence-electron chi connectivity index (χ4n) is 1.45. The topological polar surface area (TPSA) is 4.93 Å². The molecule has 0 aliphatic heterocycles. The van der Waals surface area contributed by atoms with Crippen LogP contribution in [0, 0.1) is 0 Å². The first kappa shape index (κ1) is 12.9. The molecule has 1 heterocycles. The molecule has 0 unspecified atom stereocenters. The second-order valence-corrected chi connectivity index (χ2v) is 11.8. The maximum absolute atomic E-state index is 2.54. The standard InChI is InChI=1S/C12H23NSSi/c1-7-14-11-9-8-10-13(11)15(5,6)12(2,3)4/h8-10H,7H2,1-6H3. The summed E-state index contributed by atoms with van der Waals surface area (Å²) in [5.74, 6) is 1.15. The highest BCUT2D eigenvalue weighted by Gasteiger charge is 2.38. The van der Waals surface area contributed by atoms with Gasteiger partial charge < -0.3 is 4.23 Å². The zero-order chi connectivity index (χ0) is 11.7. The van der Waals surface area contributed by atoms with Crippen LogP contribution >= 0.6 is 11.8 Å². The summed E-state index contributed by atoms with van der Waals surface area (Å²) in [5.41, 5.74) is 0. The van der Waals surface area contributed by atoms with Crippen LogP contribution in [-0.4, -0.2) is 18.2 Å². The molecule has 1 nitrogen and oxygen atoms in total. The summed E-state index contributed by atoms with van der Waals surface area (Å²) < 4.78 is 2.54. The molecule has 0 aliphatic carbocycles. The largest absolute Gasteiger partial charge is 0.369 e. The van der Waals surface area contributed by atoms with Crippen molar-refractivity contribution in [3.8, 4) is 0 Å². The highest BCUT2D eigenvalue weighted by Crippen LogP contribution is 2.39. The molecular weight excluding hydrogens is 218 g/mol. The van der Waals surface area contributed by atoms with E-state index in [1.807, 2.05) is 11.8 Å². The van der Waals surface area contributed by atoms with Gasteiger partial charge in [-0.05, 0) is 29.1 Å². The van der Waals surface area contributed by atoms with Crippen molar-refractivity contribution in [3.63, 3.8) is 0 Å². The molecule has 0 spiro atoms. The van der Waals surface area contributed by atoms with Gasteiger partial charge in [-0.15, -0.1) is 11.8 Å². The number of hydrogen-bond acceptors (Lipinski definition) is 1. The fourth-order valence-corrected chi connectivity index (χ4v) is 4.81. The predicted molar refractivity (Wildman–Crippen MR) is 73.4 cm³/mol. The Kier molecular flexibility index (Phi) is 3.77. The second-order valence-electron chi connectivity index (χ2n) is 5.46. The first-order valence-electron chi connectivity index (χ1n) is 5.61. The minimum absolute atomic E-state index is 0.398. The fraction of sp³-hybridized carbons (Fsp3) is 0.667. The highest BCUT2D eigenvalue weighted by atomic mass is 32.2. The van der Waals surface area contributed by atoms with Crippen LogP contribution in [0.5, 0.6) is 0 Å². The van der Waals surface area contributed by atoms with Gasteiger partial charge in [-0.2, -0.15) is 0 Å². The van der Waals surface area contributed by atoms with Crippen molar-refractivity contribution < 1.29 is 0 Å². The van der Waals surface area contributed by atoms with E-state index in [4.69, 9.17) is 0 Å². The maximum Gasteiger partial charge on any atom is 0.161 e. The molecule has 0 amide bonds. The summed E-state index contributed by atoms with van der Waals surface area (Å²) in [6, 6.07) is 4.42. The third-order valence-corrected chi connectivity index (χ3v) is 9.79. The highest BCUT2D eigenvalue weighted by molar-refractivity contribution is 7.99. The molecule has 1 aromatic heterocycles. The Morgan fingerprint density at radius 2 is 1.93 bits per heavy atom. The number of thioether (sulfide) groups is 1. The molecule has 86 valence electrons. The quantitative estimate of drug-likeness (QED) is 0.559. The molecule has 1 aromatic rings. The first-order valence-corrected chi connectivity index (χ1v) is 9.54. The Hall–Kier alpha value is -0.153. The van der Waals surface area contributed by atoms with Gasteiger partial charge in [0.25, 0.3) is 0 Å². The van der Waals surface area contributed by atoms with E-state index in [-0.39, 0.29) is 0 Å². The second kappa shape index (κ2) is 4.38. The van der Waals surface area contributed by atoms with Crippen molar-refractivity contribution in [2.45, 2.75) is 50.9 Å². The van der Waals surface area contributed by atoms with Crippen LogP contribution in [0.2, 0.25) is 18.1 Å². The van der Waals surface area contributed by atoms with Crippen LogP contribution in [0.3, 0.4) is 0 Å². The number of rotatable bonds is 3. The minimum atomic E-state index is -1.41. The van der Waals surface area contributed by atoms with E-state index in [1.54, 1.807) is 0 Å². The molecule has 0 bridgehead atoms. The monoisotopic (exact) mass is 241 g/mol. The van der Waals surface area contributed by atoms with Crippen LogP contribution in [0.1, 0.15) is 27.7 Å². The lowest BCUT2D eigenvalue weighted by Gasteiger charge is -2.39. The van der Waals surface area contributed by atoms with Crippen molar-refractivity contribution >= 4 is 20.0 Å². The van der Waals surface area contributed by atoms with Gasteiger partial charge in [0.2, 0.25) is 0 Å². The molecule has 0 fully saturated rings. The van der Waals surface area contributed by atoms with E-state index >= 15 is 0 Å². The Morgan fingerprint density at radius 1 is 1.33 bits per heavy atom. The SMILES string of the molecule is CCSc1cccn1[Si](C)(C)C(C)(C)C. The van der Waals surface area contributed by atoms with Crippen LogP contribution in [0.4, 0.5) is 0 Å². The smallest absolute Gasteiger partial charge is 0.161 e. The maximum atomic E-state index is 2.54. The Balaban J connectivity index is 3.09. The summed E-state index contributed by atoms with van der Waals surface area (Å²) in [6.45, 7) is 14.2. The van der Waals surface area contributed by atoms with Gasteiger partial charge in [0.15, 0.2) is 8.24 Å². The average Bonchev–Trinajstić information content (AvgIpc) is 2.51. The van der Waals surface area contributed by atoms with Gasteiger partial charge in [0.1, 0.15) is 0 Å². The Morgan fingerprint density at radius 3 is 2.40 bits per heavy atom. The summed E-state index contributed by atoms with van der Waals surface area (Å²) in [5, 5.41) is 1.83. The van der Waals surface area contributed by atoms with Crippen molar-refractivity contribution in [2.24, 2.45) is 0 Å². The number of hydrogen-bond donors (Lipinski definition) is 0. The zero-order valence-electron chi connectivity index (χ0n) is 10.8. The van der Waals surface area contributed by atoms with E-state index in [0.29, 0.717) is 5.04 Å². The minimum Gasteiger partial charge on any atom is -0.369 e. The summed E-state index contributed by atoms with van der Waals surface area (Å²) in [4.78, 5) is 0. The molecular formula is C12H23NSSi. The number of aromatic nitrogens is 1. The molecule has 0 saturated carbocycles. The van der Waals surface area contributed by atoms with Crippen molar-refractivity contribution in [1.82, 2.24) is 4.23 Å². The predicted octanol–water partition coefficient (Wildman–Crippen LogP) is 4.45.